The standard InChI is InChI=1S/C12H27N3O/c1-5-9-15(6-2)10-7-8-12(3,4)11(13)14-16/h16H,5-10H2,1-4H3,(H2,13,14). The van der Waals surface area contributed by atoms with Gasteiger partial charge in [0.1, 0.15) is 5.84 Å². The van der Waals surface area contributed by atoms with Crippen LogP contribution in [0.5, 0.6) is 0 Å². The van der Waals surface area contributed by atoms with E-state index in [-0.39, 0.29) is 5.41 Å². The molecule has 3 N–H and O–H groups in total. The zero-order valence-corrected chi connectivity index (χ0v) is 11.2. The molecule has 0 aliphatic carbocycles. The lowest BCUT2D eigenvalue weighted by molar-refractivity contribution is 0.265. The first-order valence-electron chi connectivity index (χ1n) is 6.18. The fourth-order valence-corrected chi connectivity index (χ4v) is 1.75. The lowest BCUT2D eigenvalue weighted by Crippen LogP contribution is -2.33. The summed E-state index contributed by atoms with van der Waals surface area (Å²) in [6.45, 7) is 11.7. The van der Waals surface area contributed by atoms with E-state index < -0.39 is 0 Å². The van der Waals surface area contributed by atoms with Gasteiger partial charge < -0.3 is 15.8 Å². The van der Waals surface area contributed by atoms with Crippen molar-refractivity contribution in [3.05, 3.63) is 0 Å². The molecule has 0 spiro atoms. The summed E-state index contributed by atoms with van der Waals surface area (Å²) in [5, 5.41) is 11.8. The molecule has 0 bridgehead atoms. The molecule has 0 radical (unpaired) electrons. The molecule has 0 aromatic heterocycles. The molecule has 0 aliphatic rings. The van der Waals surface area contributed by atoms with E-state index in [1.807, 2.05) is 13.8 Å². The van der Waals surface area contributed by atoms with Crippen molar-refractivity contribution in [3.63, 3.8) is 0 Å². The van der Waals surface area contributed by atoms with E-state index in [0.29, 0.717) is 5.84 Å². The second-order valence-electron chi connectivity index (χ2n) is 4.91. The van der Waals surface area contributed by atoms with Gasteiger partial charge in [0.25, 0.3) is 0 Å². The van der Waals surface area contributed by atoms with Crippen LogP contribution in [0.15, 0.2) is 5.16 Å². The molecule has 4 nitrogen and oxygen atoms in total. The Morgan fingerprint density at radius 2 is 1.94 bits per heavy atom. The molecule has 0 saturated heterocycles. The third-order valence-electron chi connectivity index (χ3n) is 3.06. The smallest absolute Gasteiger partial charge is 0.144 e. The minimum atomic E-state index is -0.208. The van der Waals surface area contributed by atoms with E-state index in [2.05, 4.69) is 23.9 Å². The fourth-order valence-electron chi connectivity index (χ4n) is 1.75. The molecular weight excluding hydrogens is 202 g/mol. The summed E-state index contributed by atoms with van der Waals surface area (Å²) in [4.78, 5) is 2.43. The maximum Gasteiger partial charge on any atom is 0.144 e. The summed E-state index contributed by atoms with van der Waals surface area (Å²) in [7, 11) is 0. The largest absolute Gasteiger partial charge is 0.409 e. The van der Waals surface area contributed by atoms with Crippen molar-refractivity contribution in [2.45, 2.75) is 47.0 Å². The number of nitrogens with two attached hydrogens (primary N) is 1. The Labute approximate surface area is 99.5 Å². The highest BCUT2D eigenvalue weighted by Gasteiger charge is 2.23. The van der Waals surface area contributed by atoms with Crippen molar-refractivity contribution in [2.75, 3.05) is 19.6 Å². The predicted molar refractivity (Wildman–Crippen MR) is 68.8 cm³/mol. The van der Waals surface area contributed by atoms with E-state index in [9.17, 15) is 0 Å². The number of hydrogen-bond donors (Lipinski definition) is 2. The first-order valence-corrected chi connectivity index (χ1v) is 6.18. The average molecular weight is 229 g/mol. The van der Waals surface area contributed by atoms with Crippen LogP contribution in [0.1, 0.15) is 47.0 Å². The Kier molecular flexibility index (Phi) is 7.13. The van der Waals surface area contributed by atoms with E-state index >= 15 is 0 Å². The van der Waals surface area contributed by atoms with Crippen LogP contribution in [0.3, 0.4) is 0 Å². The highest BCUT2D eigenvalue weighted by Crippen LogP contribution is 2.22. The minimum Gasteiger partial charge on any atom is -0.409 e. The molecule has 0 amide bonds. The summed E-state index contributed by atoms with van der Waals surface area (Å²) in [6.07, 6.45) is 3.22. The van der Waals surface area contributed by atoms with Crippen molar-refractivity contribution in [2.24, 2.45) is 16.3 Å². The van der Waals surface area contributed by atoms with Crippen LogP contribution in [0.2, 0.25) is 0 Å². The van der Waals surface area contributed by atoms with Crippen LogP contribution in [-0.2, 0) is 0 Å². The Morgan fingerprint density at radius 1 is 1.31 bits per heavy atom. The molecule has 0 aliphatic heterocycles. The summed E-state index contributed by atoms with van der Waals surface area (Å²) < 4.78 is 0. The van der Waals surface area contributed by atoms with Crippen LogP contribution in [0, 0.1) is 5.41 Å². The molecule has 0 fully saturated rings. The van der Waals surface area contributed by atoms with Gasteiger partial charge in [-0.05, 0) is 38.9 Å². The van der Waals surface area contributed by atoms with Gasteiger partial charge in [-0.15, -0.1) is 0 Å². The first-order chi connectivity index (χ1) is 7.47. The van der Waals surface area contributed by atoms with Crippen molar-refractivity contribution in [1.29, 1.82) is 0 Å². The van der Waals surface area contributed by atoms with Gasteiger partial charge >= 0.3 is 0 Å². The third-order valence-corrected chi connectivity index (χ3v) is 3.06. The van der Waals surface area contributed by atoms with Crippen LogP contribution >= 0.6 is 0 Å². The van der Waals surface area contributed by atoms with Gasteiger partial charge in [-0.3, -0.25) is 0 Å². The maximum absolute atomic E-state index is 8.66. The Balaban J connectivity index is 3.96. The van der Waals surface area contributed by atoms with Gasteiger partial charge in [-0.25, -0.2) is 0 Å². The quantitative estimate of drug-likeness (QED) is 0.290. The van der Waals surface area contributed by atoms with Crippen LogP contribution in [0.4, 0.5) is 0 Å². The van der Waals surface area contributed by atoms with E-state index in [1.165, 1.54) is 6.42 Å². The zero-order chi connectivity index (χ0) is 12.6. The molecule has 96 valence electrons. The normalized spacial score (nSPS) is 13.4. The van der Waals surface area contributed by atoms with Gasteiger partial charge in [0, 0.05) is 5.41 Å². The molecular formula is C12H27N3O. The number of nitrogens with zero attached hydrogens (tertiary/aromatic N) is 2. The molecule has 16 heavy (non-hydrogen) atoms. The molecule has 0 aromatic rings. The topological polar surface area (TPSA) is 61.8 Å². The molecule has 0 unspecified atom stereocenters. The monoisotopic (exact) mass is 229 g/mol. The van der Waals surface area contributed by atoms with E-state index in [4.69, 9.17) is 10.9 Å². The highest BCUT2D eigenvalue weighted by atomic mass is 16.4. The lowest BCUT2D eigenvalue weighted by atomic mass is 9.86. The minimum absolute atomic E-state index is 0.208. The van der Waals surface area contributed by atoms with Crippen molar-refractivity contribution >= 4 is 5.84 Å². The van der Waals surface area contributed by atoms with Gasteiger partial charge in [0.05, 0.1) is 0 Å². The van der Waals surface area contributed by atoms with Gasteiger partial charge in [0.15, 0.2) is 0 Å². The molecule has 0 rings (SSSR count). The SMILES string of the molecule is CCCN(CC)CCCC(C)(C)C(N)=NO. The van der Waals surface area contributed by atoms with E-state index in [0.717, 1.165) is 32.5 Å². The molecule has 4 heteroatoms. The zero-order valence-electron chi connectivity index (χ0n) is 11.2. The molecule has 0 heterocycles. The van der Waals surface area contributed by atoms with E-state index in [1.54, 1.807) is 0 Å². The lowest BCUT2D eigenvalue weighted by Gasteiger charge is -2.25. The maximum atomic E-state index is 8.66. The highest BCUT2D eigenvalue weighted by molar-refractivity contribution is 5.85. The van der Waals surface area contributed by atoms with Gasteiger partial charge in [-0.2, -0.15) is 0 Å². The Hall–Kier alpha value is -0.770. The van der Waals surface area contributed by atoms with Crippen LogP contribution in [-0.4, -0.2) is 35.6 Å². The van der Waals surface area contributed by atoms with Crippen LogP contribution in [0.25, 0.3) is 0 Å². The number of amidine groups is 1. The number of rotatable bonds is 8. The number of hydrogen-bond acceptors (Lipinski definition) is 3. The second kappa shape index (κ2) is 7.49. The summed E-state index contributed by atoms with van der Waals surface area (Å²) in [5.41, 5.74) is 5.44. The molecule has 0 atom stereocenters. The first kappa shape index (κ1) is 15.2. The van der Waals surface area contributed by atoms with Gasteiger partial charge in [-0.1, -0.05) is 32.9 Å². The number of oxime groups is 1. The summed E-state index contributed by atoms with van der Waals surface area (Å²) in [6, 6.07) is 0. The molecule has 0 aromatic carbocycles. The third kappa shape index (κ3) is 5.35. The van der Waals surface area contributed by atoms with Crippen molar-refractivity contribution in [3.8, 4) is 0 Å². The average Bonchev–Trinajstić information content (AvgIpc) is 2.26. The fraction of sp³-hybridized carbons (Fsp3) is 0.917. The summed E-state index contributed by atoms with van der Waals surface area (Å²) >= 11 is 0. The Bertz CT molecular complexity index is 214. The van der Waals surface area contributed by atoms with Crippen molar-refractivity contribution in [1.82, 2.24) is 4.90 Å². The van der Waals surface area contributed by atoms with Crippen LogP contribution < -0.4 is 5.73 Å². The van der Waals surface area contributed by atoms with Crippen molar-refractivity contribution < 1.29 is 5.21 Å². The predicted octanol–water partition coefficient (Wildman–Crippen LogP) is 2.27. The summed E-state index contributed by atoms with van der Waals surface area (Å²) in [5.74, 6) is 0.325. The molecule has 0 saturated carbocycles. The Morgan fingerprint density at radius 3 is 2.38 bits per heavy atom. The van der Waals surface area contributed by atoms with Gasteiger partial charge in [0.2, 0.25) is 0 Å². The second-order valence-corrected chi connectivity index (χ2v) is 4.91.